The van der Waals surface area contributed by atoms with Crippen molar-refractivity contribution in [2.24, 2.45) is 5.41 Å². The van der Waals surface area contributed by atoms with Crippen LogP contribution in [0.5, 0.6) is 0 Å². The predicted octanol–water partition coefficient (Wildman–Crippen LogP) is -1.09. The number of hydrogen-bond donors (Lipinski definition) is 9. The number of nitrogens with one attached hydrogen (secondary N) is 2. The maximum Gasteiger partial charge on any atom is 0.251 e. The van der Waals surface area contributed by atoms with Gasteiger partial charge >= 0.3 is 0 Å². The lowest BCUT2D eigenvalue weighted by Crippen LogP contribution is -2.69. The number of aliphatic hydroxyl groups is 7. The number of amides is 2. The van der Waals surface area contributed by atoms with Gasteiger partial charge in [-0.05, 0) is 72.0 Å². The third kappa shape index (κ3) is 10.8. The van der Waals surface area contributed by atoms with Crippen LogP contribution in [0.25, 0.3) is 0 Å². The molecular formula is C34H53IN2O14. The fourth-order valence-electron chi connectivity index (χ4n) is 6.40. The number of hydrogen-bond acceptors (Lipinski definition) is 14. The number of benzene rings is 1. The second kappa shape index (κ2) is 18.6. The summed E-state index contributed by atoms with van der Waals surface area (Å²) in [6, 6.07) is 6.13. The van der Waals surface area contributed by atoms with Crippen molar-refractivity contribution in [3.8, 4) is 0 Å². The van der Waals surface area contributed by atoms with E-state index >= 15 is 0 Å². The van der Waals surface area contributed by atoms with E-state index in [1.54, 1.807) is 12.1 Å². The first-order valence-corrected chi connectivity index (χ1v) is 18.4. The summed E-state index contributed by atoms with van der Waals surface area (Å²) in [5.74, 6) is -0.560. The highest BCUT2D eigenvalue weighted by Gasteiger charge is 2.54. The van der Waals surface area contributed by atoms with Gasteiger partial charge in [-0.25, -0.2) is 0 Å². The highest BCUT2D eigenvalue weighted by molar-refractivity contribution is 14.1. The van der Waals surface area contributed by atoms with Gasteiger partial charge in [0, 0.05) is 22.1 Å². The normalized spacial score (nSPS) is 37.5. The number of aliphatic hydroxyl groups excluding tert-OH is 7. The molecule has 0 saturated carbocycles. The molecule has 9 N–H and O–H groups in total. The molecule has 14 atom stereocenters. The number of ether oxygens (including phenoxy) is 5. The Morgan fingerprint density at radius 1 is 0.863 bits per heavy atom. The van der Waals surface area contributed by atoms with Crippen molar-refractivity contribution in [3.63, 3.8) is 0 Å². The monoisotopic (exact) mass is 840 g/mol. The van der Waals surface area contributed by atoms with Gasteiger partial charge in [0.1, 0.15) is 54.9 Å². The summed E-state index contributed by atoms with van der Waals surface area (Å²) < 4.78 is 30.2. The molecule has 0 bridgehead atoms. The van der Waals surface area contributed by atoms with Crippen LogP contribution >= 0.6 is 22.6 Å². The van der Waals surface area contributed by atoms with Crippen LogP contribution in [0, 0.1) is 8.99 Å². The molecule has 0 radical (unpaired) electrons. The van der Waals surface area contributed by atoms with Crippen LogP contribution in [0.2, 0.25) is 0 Å². The highest BCUT2D eigenvalue weighted by atomic mass is 127. The summed E-state index contributed by atoms with van der Waals surface area (Å²) in [4.78, 5) is 25.3. The second-order valence-electron chi connectivity index (χ2n) is 14.4. The molecule has 0 aromatic heterocycles. The van der Waals surface area contributed by atoms with E-state index in [4.69, 9.17) is 23.7 Å². The molecule has 0 spiro atoms. The average Bonchev–Trinajstić information content (AvgIpc) is 3.08. The van der Waals surface area contributed by atoms with Crippen LogP contribution < -0.4 is 10.6 Å². The summed E-state index contributed by atoms with van der Waals surface area (Å²) >= 11 is 2.17. The Bertz CT molecular complexity index is 1270. The molecular weight excluding hydrogens is 787 g/mol. The van der Waals surface area contributed by atoms with E-state index in [-0.39, 0.29) is 24.8 Å². The molecule has 3 fully saturated rings. The second-order valence-corrected chi connectivity index (χ2v) is 15.7. The molecule has 3 heterocycles. The quantitative estimate of drug-likeness (QED) is 0.0847. The van der Waals surface area contributed by atoms with Crippen LogP contribution in [0.15, 0.2) is 24.3 Å². The minimum absolute atomic E-state index is 0.117. The summed E-state index contributed by atoms with van der Waals surface area (Å²) in [6.45, 7) is 6.62. The fraction of sp³-hybridized carbons (Fsp3) is 0.765. The minimum atomic E-state index is -1.72. The van der Waals surface area contributed by atoms with Crippen LogP contribution in [-0.2, 0) is 28.5 Å². The molecule has 1 aromatic carbocycles. The van der Waals surface area contributed by atoms with Crippen molar-refractivity contribution in [1.82, 2.24) is 10.6 Å². The van der Waals surface area contributed by atoms with Crippen molar-refractivity contribution >= 4 is 34.4 Å². The van der Waals surface area contributed by atoms with Crippen LogP contribution in [0.3, 0.4) is 0 Å². The standard InChI is InChI=1S/C34H53IN2O14/c1-16-28(50-32-26(44)23(41)19(39)15-47-32)25(43)27(45)33(48-16)51-29-24(42)22(20(14-38)49-30(29)34(2,3)4)37-21(40)8-6-5-7-13-36-31(46)17-9-11-18(35)12-10-17/h9-12,16,19-20,22-30,32-33,38-39,41-45H,5-8,13-15H2,1-4H3,(H,36,46)(H,37,40)/t16?,19-,20-,22+,23?,24?,25?,26?,27?,28+,29?,30-,32+,33+/m1/s1. The first-order chi connectivity index (χ1) is 24.0. The van der Waals surface area contributed by atoms with Gasteiger partial charge in [-0.15, -0.1) is 0 Å². The number of carbonyl (C=O) groups is 2. The molecule has 290 valence electrons. The van der Waals surface area contributed by atoms with E-state index in [9.17, 15) is 45.3 Å². The van der Waals surface area contributed by atoms with E-state index in [0.717, 1.165) is 3.57 Å². The summed E-state index contributed by atoms with van der Waals surface area (Å²) in [5.41, 5.74) is -0.0991. The van der Waals surface area contributed by atoms with Crippen molar-refractivity contribution in [2.45, 2.75) is 139 Å². The van der Waals surface area contributed by atoms with Gasteiger partial charge in [-0.1, -0.05) is 27.2 Å². The third-order valence-corrected chi connectivity index (χ3v) is 10.1. The van der Waals surface area contributed by atoms with Gasteiger partial charge in [0.25, 0.3) is 5.91 Å². The van der Waals surface area contributed by atoms with Gasteiger partial charge < -0.3 is 70.1 Å². The summed E-state index contributed by atoms with van der Waals surface area (Å²) in [6.07, 6.45) is -15.6. The van der Waals surface area contributed by atoms with E-state index in [1.165, 1.54) is 6.92 Å². The van der Waals surface area contributed by atoms with Crippen LogP contribution in [0.1, 0.15) is 63.7 Å². The molecule has 51 heavy (non-hydrogen) atoms. The summed E-state index contributed by atoms with van der Waals surface area (Å²) in [5, 5.41) is 79.5. The van der Waals surface area contributed by atoms with E-state index in [2.05, 4.69) is 33.2 Å². The fourth-order valence-corrected chi connectivity index (χ4v) is 6.76. The van der Waals surface area contributed by atoms with Crippen molar-refractivity contribution in [1.29, 1.82) is 0 Å². The Kier molecular flexibility index (Phi) is 15.4. The lowest BCUT2D eigenvalue weighted by molar-refractivity contribution is -0.361. The van der Waals surface area contributed by atoms with Gasteiger partial charge in [-0.2, -0.15) is 0 Å². The zero-order valence-corrected chi connectivity index (χ0v) is 31.4. The molecule has 4 rings (SSSR count). The Balaban J connectivity index is 1.33. The number of rotatable bonds is 13. The van der Waals surface area contributed by atoms with Gasteiger partial charge in [-0.3, -0.25) is 9.59 Å². The Labute approximate surface area is 310 Å². The Morgan fingerprint density at radius 2 is 1.51 bits per heavy atom. The molecule has 2 amide bonds. The lowest BCUT2D eigenvalue weighted by Gasteiger charge is -2.51. The van der Waals surface area contributed by atoms with Crippen molar-refractivity contribution < 1.29 is 69.0 Å². The number of halogens is 1. The molecule has 7 unspecified atom stereocenters. The molecule has 3 aliphatic rings. The first kappa shape index (κ1) is 42.2. The molecule has 0 aliphatic carbocycles. The van der Waals surface area contributed by atoms with Crippen LogP contribution in [-0.4, -0.2) is 153 Å². The highest BCUT2D eigenvalue weighted by Crippen LogP contribution is 2.37. The lowest BCUT2D eigenvalue weighted by atomic mass is 9.79. The average molecular weight is 841 g/mol. The zero-order chi connectivity index (χ0) is 37.6. The predicted molar refractivity (Wildman–Crippen MR) is 187 cm³/mol. The molecule has 3 saturated heterocycles. The van der Waals surface area contributed by atoms with Gasteiger partial charge in [0.05, 0.1) is 31.5 Å². The third-order valence-electron chi connectivity index (χ3n) is 9.37. The maximum absolute atomic E-state index is 13.0. The molecule has 17 heteroatoms. The van der Waals surface area contributed by atoms with Gasteiger partial charge in [0.15, 0.2) is 12.6 Å². The zero-order valence-electron chi connectivity index (χ0n) is 29.2. The first-order valence-electron chi connectivity index (χ1n) is 17.3. The summed E-state index contributed by atoms with van der Waals surface area (Å²) in [7, 11) is 0. The molecule has 3 aliphatic heterocycles. The van der Waals surface area contributed by atoms with Gasteiger partial charge in [0.2, 0.25) is 5.91 Å². The van der Waals surface area contributed by atoms with Crippen molar-refractivity contribution in [3.05, 3.63) is 33.4 Å². The van der Waals surface area contributed by atoms with E-state index in [0.29, 0.717) is 31.4 Å². The van der Waals surface area contributed by atoms with Crippen LogP contribution in [0.4, 0.5) is 0 Å². The Hall–Kier alpha value is -1.59. The topological polar surface area (TPSA) is 246 Å². The van der Waals surface area contributed by atoms with Crippen molar-refractivity contribution in [2.75, 3.05) is 19.8 Å². The number of carbonyl (C=O) groups excluding carboxylic acids is 2. The largest absolute Gasteiger partial charge is 0.394 e. The smallest absolute Gasteiger partial charge is 0.251 e. The number of unbranched alkanes of at least 4 members (excludes halogenated alkanes) is 2. The molecule has 1 aromatic rings. The maximum atomic E-state index is 13.0. The van der Waals surface area contributed by atoms with E-state index in [1.807, 2.05) is 32.9 Å². The Morgan fingerprint density at radius 3 is 2.16 bits per heavy atom. The minimum Gasteiger partial charge on any atom is -0.394 e. The molecule has 16 nitrogen and oxygen atoms in total. The van der Waals surface area contributed by atoms with E-state index < -0.39 is 97.8 Å². The SMILES string of the molecule is CC1O[C@@H](OC2C(O)[C@@H](NC(=O)CCCCCNC(=O)c3ccc(I)cc3)[C@@H](CO)O[C@H]2C(C)(C)C)C(O)C(O)[C@H]1O[C@@H]1OC[C@@H](O)C(O)C1O.